The zero-order valence-electron chi connectivity index (χ0n) is 10.3. The molecule has 0 aliphatic carbocycles. The van der Waals surface area contributed by atoms with E-state index in [0.29, 0.717) is 6.42 Å². The van der Waals surface area contributed by atoms with E-state index in [1.165, 1.54) is 0 Å². The maximum Gasteiger partial charge on any atom is 0.257 e. The van der Waals surface area contributed by atoms with Crippen LogP contribution in [0.5, 0.6) is 5.75 Å². The summed E-state index contributed by atoms with van der Waals surface area (Å²) in [6.45, 7) is 8.81. The Morgan fingerprint density at radius 1 is 1.28 bits per heavy atom. The van der Waals surface area contributed by atoms with Gasteiger partial charge in [0.1, 0.15) is 0 Å². The number of nitrogens with one attached hydrogen (secondary N) is 2. The first-order valence-corrected chi connectivity index (χ1v) is 5.74. The van der Waals surface area contributed by atoms with Gasteiger partial charge in [-0.3, -0.25) is 4.79 Å². The number of para-hydroxylation sites is 1. The molecule has 0 unspecified atom stereocenters. The predicted molar refractivity (Wildman–Crippen MR) is 72.2 cm³/mol. The minimum absolute atomic E-state index is 0.0938. The highest BCUT2D eigenvalue weighted by Crippen LogP contribution is 2.19. The van der Waals surface area contributed by atoms with Crippen molar-refractivity contribution in [3.63, 3.8) is 0 Å². The minimum atomic E-state index is -0.0938. The summed E-state index contributed by atoms with van der Waals surface area (Å²) in [5.74, 6) is 0.649. The van der Waals surface area contributed by atoms with E-state index in [4.69, 9.17) is 4.84 Å². The number of hydrogen-bond acceptors (Lipinski definition) is 3. The average molecular weight is 246 g/mol. The maximum atomic E-state index is 10.8. The van der Waals surface area contributed by atoms with Gasteiger partial charge >= 0.3 is 0 Å². The van der Waals surface area contributed by atoms with Crippen LogP contribution in [-0.2, 0) is 11.2 Å². The predicted octanol–water partition coefficient (Wildman–Crippen LogP) is 1.60. The van der Waals surface area contributed by atoms with Crippen molar-refractivity contribution in [1.82, 2.24) is 10.8 Å². The molecule has 96 valence electrons. The quantitative estimate of drug-likeness (QED) is 0.626. The second-order valence-electron chi connectivity index (χ2n) is 3.65. The molecule has 1 aromatic carbocycles. The lowest BCUT2D eigenvalue weighted by atomic mass is 10.1. The Bertz CT molecular complexity index is 408. The van der Waals surface area contributed by atoms with Crippen molar-refractivity contribution in [2.24, 2.45) is 0 Å². The van der Waals surface area contributed by atoms with Crippen LogP contribution in [0.4, 0.5) is 0 Å². The van der Waals surface area contributed by atoms with Gasteiger partial charge in [0.15, 0.2) is 5.75 Å². The van der Waals surface area contributed by atoms with Crippen molar-refractivity contribution in [2.45, 2.75) is 6.42 Å². The average Bonchev–Trinajstić information content (AvgIpc) is 2.40. The monoisotopic (exact) mass is 246 g/mol. The van der Waals surface area contributed by atoms with Crippen molar-refractivity contribution in [3.05, 3.63) is 55.1 Å². The van der Waals surface area contributed by atoms with Gasteiger partial charge in [-0.05, 0) is 6.07 Å². The molecule has 1 aromatic rings. The van der Waals surface area contributed by atoms with Gasteiger partial charge < -0.3 is 10.2 Å². The summed E-state index contributed by atoms with van der Waals surface area (Å²) in [4.78, 5) is 15.7. The molecular weight excluding hydrogens is 228 g/mol. The number of hydrogen-bond donors (Lipinski definition) is 2. The molecule has 1 aliphatic heterocycles. The first-order valence-electron chi connectivity index (χ1n) is 5.74. The summed E-state index contributed by atoms with van der Waals surface area (Å²) in [5, 5.41) is 3.05. The third-order valence-corrected chi connectivity index (χ3v) is 2.18. The summed E-state index contributed by atoms with van der Waals surface area (Å²) in [6, 6.07) is 7.47. The molecule has 0 radical (unpaired) electrons. The summed E-state index contributed by atoms with van der Waals surface area (Å²) < 4.78 is 0. The van der Waals surface area contributed by atoms with Gasteiger partial charge in [0.05, 0.1) is 6.42 Å². The van der Waals surface area contributed by atoms with Crippen LogP contribution in [0.2, 0.25) is 0 Å². The van der Waals surface area contributed by atoms with Crippen molar-refractivity contribution in [2.75, 3.05) is 13.1 Å². The van der Waals surface area contributed by atoms with E-state index >= 15 is 0 Å². The first-order chi connectivity index (χ1) is 8.77. The standard InChI is InChI=1S/C8H7NO2.C6H11N/c10-8-5-6-3-1-2-4-7(6)11-9-8;1-3-5-7-6-4-2/h1-4H,5H2,(H,9,10);3-4,7H,1-2,5-6H2. The highest BCUT2D eigenvalue weighted by Gasteiger charge is 2.14. The Labute approximate surface area is 107 Å². The molecule has 2 N–H and O–H groups in total. The van der Waals surface area contributed by atoms with E-state index in [1.54, 1.807) is 0 Å². The van der Waals surface area contributed by atoms with E-state index in [1.807, 2.05) is 36.4 Å². The third kappa shape index (κ3) is 4.84. The van der Waals surface area contributed by atoms with Crippen molar-refractivity contribution < 1.29 is 9.63 Å². The van der Waals surface area contributed by atoms with Crippen LogP contribution in [0.15, 0.2) is 49.6 Å². The molecule has 4 nitrogen and oxygen atoms in total. The Morgan fingerprint density at radius 2 is 1.94 bits per heavy atom. The molecule has 1 heterocycles. The van der Waals surface area contributed by atoms with E-state index in [-0.39, 0.29) is 5.91 Å². The van der Waals surface area contributed by atoms with Gasteiger partial charge in [0, 0.05) is 18.7 Å². The van der Waals surface area contributed by atoms with Crippen LogP contribution in [0, 0.1) is 0 Å². The van der Waals surface area contributed by atoms with E-state index in [9.17, 15) is 4.79 Å². The number of fused-ring (bicyclic) bond motifs is 1. The molecule has 0 aromatic heterocycles. The smallest absolute Gasteiger partial charge is 0.257 e. The molecular formula is C14H18N2O2. The number of rotatable bonds is 4. The molecule has 2 rings (SSSR count). The van der Waals surface area contributed by atoms with Crippen LogP contribution in [-0.4, -0.2) is 19.0 Å². The van der Waals surface area contributed by atoms with E-state index in [0.717, 1.165) is 24.4 Å². The van der Waals surface area contributed by atoms with Crippen LogP contribution in [0.1, 0.15) is 5.56 Å². The summed E-state index contributed by atoms with van der Waals surface area (Å²) in [7, 11) is 0. The molecule has 0 fully saturated rings. The van der Waals surface area contributed by atoms with Crippen LogP contribution in [0.3, 0.4) is 0 Å². The first kappa shape index (κ1) is 14.0. The molecule has 0 bridgehead atoms. The molecule has 1 aliphatic rings. The fourth-order valence-corrected chi connectivity index (χ4v) is 1.36. The zero-order valence-corrected chi connectivity index (χ0v) is 10.3. The number of benzene rings is 1. The fraction of sp³-hybridized carbons (Fsp3) is 0.214. The Morgan fingerprint density at radius 3 is 2.61 bits per heavy atom. The van der Waals surface area contributed by atoms with Gasteiger partial charge in [-0.1, -0.05) is 30.4 Å². The third-order valence-electron chi connectivity index (χ3n) is 2.18. The molecule has 0 saturated heterocycles. The molecule has 18 heavy (non-hydrogen) atoms. The highest BCUT2D eigenvalue weighted by molar-refractivity contribution is 5.79. The van der Waals surface area contributed by atoms with Crippen LogP contribution < -0.4 is 15.6 Å². The molecule has 0 spiro atoms. The van der Waals surface area contributed by atoms with Crippen LogP contribution in [0.25, 0.3) is 0 Å². The number of carbonyl (C=O) groups is 1. The van der Waals surface area contributed by atoms with Gasteiger partial charge in [-0.15, -0.1) is 13.2 Å². The maximum absolute atomic E-state index is 10.8. The normalized spacial score (nSPS) is 12.1. The SMILES string of the molecule is C=CCNCC=C.O=C1Cc2ccccc2ON1. The molecule has 4 heteroatoms. The van der Waals surface area contributed by atoms with Crippen LogP contribution >= 0.6 is 0 Å². The number of hydroxylamine groups is 1. The van der Waals surface area contributed by atoms with Gasteiger partial charge in [0.25, 0.3) is 5.91 Å². The second kappa shape index (κ2) is 8.08. The van der Waals surface area contributed by atoms with Crippen molar-refractivity contribution >= 4 is 5.91 Å². The Balaban J connectivity index is 0.000000203. The van der Waals surface area contributed by atoms with Gasteiger partial charge in [-0.25, -0.2) is 0 Å². The second-order valence-corrected chi connectivity index (χ2v) is 3.65. The summed E-state index contributed by atoms with van der Waals surface area (Å²) in [5.41, 5.74) is 3.24. The lowest BCUT2D eigenvalue weighted by molar-refractivity contribution is -0.128. The van der Waals surface area contributed by atoms with Gasteiger partial charge in [0.2, 0.25) is 0 Å². The van der Waals surface area contributed by atoms with E-state index in [2.05, 4.69) is 24.0 Å². The van der Waals surface area contributed by atoms with Gasteiger partial charge in [-0.2, -0.15) is 5.48 Å². The van der Waals surface area contributed by atoms with E-state index < -0.39 is 0 Å². The topological polar surface area (TPSA) is 50.4 Å². The molecule has 0 atom stereocenters. The van der Waals surface area contributed by atoms with Crippen molar-refractivity contribution in [3.8, 4) is 5.75 Å². The summed E-state index contributed by atoms with van der Waals surface area (Å²) >= 11 is 0. The number of carbonyl (C=O) groups excluding carboxylic acids is 1. The van der Waals surface area contributed by atoms with Crippen molar-refractivity contribution in [1.29, 1.82) is 0 Å². The number of amides is 1. The highest BCUT2D eigenvalue weighted by atomic mass is 16.7. The molecule has 0 saturated carbocycles. The Hall–Kier alpha value is -2.07. The fourth-order valence-electron chi connectivity index (χ4n) is 1.36. The summed E-state index contributed by atoms with van der Waals surface area (Å²) in [6.07, 6.45) is 4.06. The zero-order chi connectivity index (χ0) is 13.2. The largest absolute Gasteiger partial charge is 0.379 e. The lowest BCUT2D eigenvalue weighted by Crippen LogP contribution is -2.32. The Kier molecular flexibility index (Phi) is 6.28. The molecule has 1 amide bonds. The lowest BCUT2D eigenvalue weighted by Gasteiger charge is -2.15. The minimum Gasteiger partial charge on any atom is -0.379 e.